The standard InChI is InChI=1S/C35H37Cl2N3O6S/c1-24(2)38-35(42)31(20-25-8-6-5-7-9-25)39(22-26-10-12-27(36)13-11-26)34(41)23-40(29-16-14-28(37)15-17-29)47(43,44)30-18-19-32(45-3)33(21-30)46-4/h5-19,21,24,31H,20,22-23H2,1-4H3,(H,38,42). The Kier molecular flexibility index (Phi) is 12.1. The fourth-order valence-electron chi connectivity index (χ4n) is 4.96. The molecule has 0 aliphatic heterocycles. The van der Waals surface area contributed by atoms with E-state index in [1.165, 1.54) is 61.6 Å². The van der Waals surface area contributed by atoms with E-state index in [4.69, 9.17) is 32.7 Å². The van der Waals surface area contributed by atoms with Gasteiger partial charge < -0.3 is 19.7 Å². The molecule has 4 aromatic rings. The number of methoxy groups -OCH3 is 2. The first-order chi connectivity index (χ1) is 22.4. The van der Waals surface area contributed by atoms with Crippen LogP contribution in [-0.2, 0) is 32.6 Å². The summed E-state index contributed by atoms with van der Waals surface area (Å²) >= 11 is 12.3. The normalized spacial score (nSPS) is 11.9. The Hall–Kier alpha value is -4.25. The number of nitrogens with zero attached hydrogens (tertiary/aromatic N) is 2. The average molecular weight is 699 g/mol. The van der Waals surface area contributed by atoms with Crippen molar-refractivity contribution in [2.45, 2.75) is 43.8 Å². The number of benzene rings is 4. The van der Waals surface area contributed by atoms with Gasteiger partial charge in [-0.3, -0.25) is 13.9 Å². The lowest BCUT2D eigenvalue weighted by Gasteiger charge is -2.34. The minimum absolute atomic E-state index is 0.0177. The highest BCUT2D eigenvalue weighted by molar-refractivity contribution is 7.92. The van der Waals surface area contributed by atoms with Crippen LogP contribution >= 0.6 is 23.2 Å². The monoisotopic (exact) mass is 697 g/mol. The van der Waals surface area contributed by atoms with Crippen molar-refractivity contribution in [3.8, 4) is 11.5 Å². The van der Waals surface area contributed by atoms with E-state index in [9.17, 15) is 18.0 Å². The van der Waals surface area contributed by atoms with E-state index >= 15 is 0 Å². The summed E-state index contributed by atoms with van der Waals surface area (Å²) in [5.41, 5.74) is 1.74. The van der Waals surface area contributed by atoms with Gasteiger partial charge in [0.2, 0.25) is 11.8 Å². The highest BCUT2D eigenvalue weighted by atomic mass is 35.5. The van der Waals surface area contributed by atoms with Gasteiger partial charge >= 0.3 is 0 Å². The lowest BCUT2D eigenvalue weighted by atomic mass is 10.0. The molecule has 0 saturated heterocycles. The lowest BCUT2D eigenvalue weighted by molar-refractivity contribution is -0.140. The molecule has 47 heavy (non-hydrogen) atoms. The van der Waals surface area contributed by atoms with Gasteiger partial charge in [-0.25, -0.2) is 8.42 Å². The third kappa shape index (κ3) is 9.18. The molecule has 4 aromatic carbocycles. The number of hydrogen-bond acceptors (Lipinski definition) is 6. The molecule has 0 fully saturated rings. The third-order valence-corrected chi connectivity index (χ3v) is 9.58. The van der Waals surface area contributed by atoms with E-state index in [1.807, 2.05) is 44.2 Å². The molecule has 1 N–H and O–H groups in total. The molecule has 0 aliphatic rings. The molecule has 0 bridgehead atoms. The largest absolute Gasteiger partial charge is 0.493 e. The summed E-state index contributed by atoms with van der Waals surface area (Å²) in [7, 11) is -1.52. The molecule has 0 spiro atoms. The number of rotatable bonds is 14. The number of anilines is 1. The van der Waals surface area contributed by atoms with Crippen LogP contribution in [0, 0.1) is 0 Å². The minimum Gasteiger partial charge on any atom is -0.493 e. The molecular weight excluding hydrogens is 661 g/mol. The molecule has 0 radical (unpaired) electrons. The summed E-state index contributed by atoms with van der Waals surface area (Å²) in [5, 5.41) is 3.84. The van der Waals surface area contributed by atoms with E-state index in [-0.39, 0.29) is 41.2 Å². The van der Waals surface area contributed by atoms with E-state index < -0.39 is 28.5 Å². The van der Waals surface area contributed by atoms with Crippen LogP contribution < -0.4 is 19.1 Å². The predicted octanol–water partition coefficient (Wildman–Crippen LogP) is 6.37. The van der Waals surface area contributed by atoms with Crippen molar-refractivity contribution in [2.75, 3.05) is 25.1 Å². The van der Waals surface area contributed by atoms with Gasteiger partial charge in [0.25, 0.3) is 10.0 Å². The van der Waals surface area contributed by atoms with Gasteiger partial charge in [-0.05, 0) is 73.5 Å². The Balaban J connectivity index is 1.82. The van der Waals surface area contributed by atoms with E-state index in [1.54, 1.807) is 24.3 Å². The first-order valence-electron chi connectivity index (χ1n) is 14.8. The molecule has 0 saturated carbocycles. The smallest absolute Gasteiger partial charge is 0.264 e. The van der Waals surface area contributed by atoms with Crippen LogP contribution in [0.2, 0.25) is 10.0 Å². The summed E-state index contributed by atoms with van der Waals surface area (Å²) in [6.45, 7) is 3.07. The maximum atomic E-state index is 14.5. The second kappa shape index (κ2) is 16.0. The van der Waals surface area contributed by atoms with Gasteiger partial charge in [0, 0.05) is 35.1 Å². The molecule has 0 heterocycles. The summed E-state index contributed by atoms with van der Waals surface area (Å²) in [6, 6.07) is 25.4. The van der Waals surface area contributed by atoms with Gasteiger partial charge in [0.1, 0.15) is 12.6 Å². The van der Waals surface area contributed by atoms with Crippen LogP contribution in [-0.4, -0.2) is 58.0 Å². The van der Waals surface area contributed by atoms with Crippen LogP contribution in [0.5, 0.6) is 11.5 Å². The number of halogens is 2. The molecule has 2 amide bonds. The molecule has 1 atom stereocenters. The van der Waals surface area contributed by atoms with Gasteiger partial charge in [0.05, 0.1) is 24.8 Å². The van der Waals surface area contributed by atoms with Crippen LogP contribution in [0.3, 0.4) is 0 Å². The maximum Gasteiger partial charge on any atom is 0.264 e. The molecule has 4 rings (SSSR count). The quantitative estimate of drug-likeness (QED) is 0.164. The summed E-state index contributed by atoms with van der Waals surface area (Å²) < 4.78 is 40.3. The van der Waals surface area contributed by atoms with Crippen LogP contribution in [0.15, 0.2) is 102 Å². The third-order valence-electron chi connectivity index (χ3n) is 7.30. The molecule has 9 nitrogen and oxygen atoms in total. The fourth-order valence-corrected chi connectivity index (χ4v) is 6.64. The van der Waals surface area contributed by atoms with Gasteiger partial charge in [-0.2, -0.15) is 0 Å². The van der Waals surface area contributed by atoms with Crippen LogP contribution in [0.25, 0.3) is 0 Å². The first kappa shape index (κ1) is 35.6. The molecule has 248 valence electrons. The Morgan fingerprint density at radius 3 is 1.96 bits per heavy atom. The first-order valence-corrected chi connectivity index (χ1v) is 17.0. The van der Waals surface area contributed by atoms with Gasteiger partial charge in [0.15, 0.2) is 11.5 Å². The Morgan fingerprint density at radius 1 is 0.787 bits per heavy atom. The van der Waals surface area contributed by atoms with Crippen molar-refractivity contribution < 1.29 is 27.5 Å². The second-order valence-corrected chi connectivity index (χ2v) is 13.8. The van der Waals surface area contributed by atoms with Crippen molar-refractivity contribution in [3.05, 3.63) is 118 Å². The highest BCUT2D eigenvalue weighted by Gasteiger charge is 2.35. The number of carbonyl (C=O) groups excluding carboxylic acids is 2. The van der Waals surface area contributed by atoms with E-state index in [0.717, 1.165) is 9.87 Å². The van der Waals surface area contributed by atoms with Gasteiger partial charge in [-0.15, -0.1) is 0 Å². The molecular formula is C35H37Cl2N3O6S. The molecule has 12 heteroatoms. The van der Waals surface area contributed by atoms with Crippen molar-refractivity contribution in [3.63, 3.8) is 0 Å². The van der Waals surface area contributed by atoms with Crippen molar-refractivity contribution >= 4 is 50.7 Å². The van der Waals surface area contributed by atoms with Crippen LogP contribution in [0.4, 0.5) is 5.69 Å². The number of ether oxygens (including phenoxy) is 2. The minimum atomic E-state index is -4.37. The molecule has 0 aliphatic carbocycles. The van der Waals surface area contributed by atoms with E-state index in [2.05, 4.69) is 5.32 Å². The van der Waals surface area contributed by atoms with E-state index in [0.29, 0.717) is 21.4 Å². The van der Waals surface area contributed by atoms with Crippen molar-refractivity contribution in [1.29, 1.82) is 0 Å². The zero-order chi connectivity index (χ0) is 34.1. The Labute approximate surface area is 286 Å². The SMILES string of the molecule is COc1ccc(S(=O)(=O)N(CC(=O)N(Cc2ccc(Cl)cc2)C(Cc2ccccc2)C(=O)NC(C)C)c2ccc(Cl)cc2)cc1OC. The van der Waals surface area contributed by atoms with Crippen molar-refractivity contribution in [1.82, 2.24) is 10.2 Å². The highest BCUT2D eigenvalue weighted by Crippen LogP contribution is 2.33. The number of hydrogen-bond donors (Lipinski definition) is 1. The fraction of sp³-hybridized carbons (Fsp3) is 0.257. The molecule has 1 unspecified atom stereocenters. The number of carbonyl (C=O) groups is 2. The Morgan fingerprint density at radius 2 is 1.38 bits per heavy atom. The zero-order valence-electron chi connectivity index (χ0n) is 26.5. The maximum absolute atomic E-state index is 14.5. The van der Waals surface area contributed by atoms with Gasteiger partial charge in [-0.1, -0.05) is 65.7 Å². The number of sulfonamides is 1. The average Bonchev–Trinajstić information content (AvgIpc) is 3.06. The zero-order valence-corrected chi connectivity index (χ0v) is 28.9. The number of nitrogens with one attached hydrogen (secondary N) is 1. The lowest BCUT2D eigenvalue weighted by Crippen LogP contribution is -2.54. The second-order valence-electron chi connectivity index (χ2n) is 11.0. The summed E-state index contributed by atoms with van der Waals surface area (Å²) in [6.07, 6.45) is 0.197. The molecule has 0 aromatic heterocycles. The summed E-state index contributed by atoms with van der Waals surface area (Å²) in [4.78, 5) is 29.6. The topological polar surface area (TPSA) is 105 Å². The summed E-state index contributed by atoms with van der Waals surface area (Å²) in [5.74, 6) is -0.422. The van der Waals surface area contributed by atoms with Crippen molar-refractivity contribution in [2.24, 2.45) is 0 Å². The number of amides is 2. The predicted molar refractivity (Wildman–Crippen MR) is 185 cm³/mol. The van der Waals surface area contributed by atoms with Crippen LogP contribution in [0.1, 0.15) is 25.0 Å². The Bertz CT molecular complexity index is 1770.